The summed E-state index contributed by atoms with van der Waals surface area (Å²) in [6.07, 6.45) is 4.13. The topological polar surface area (TPSA) is 60.9 Å². The Labute approximate surface area is 172 Å². The monoisotopic (exact) mass is 394 g/mol. The van der Waals surface area contributed by atoms with Crippen LogP contribution >= 0.6 is 0 Å². The third-order valence-electron chi connectivity index (χ3n) is 8.62. The summed E-state index contributed by atoms with van der Waals surface area (Å²) >= 11 is 0. The largest absolute Gasteiger partial charge is 0.383 e. The number of rotatable bonds is 3. The number of amides is 2. The lowest BCUT2D eigenvalue weighted by Crippen LogP contribution is -2.53. The Morgan fingerprint density at radius 2 is 1.97 bits per heavy atom. The lowest BCUT2D eigenvalue weighted by Gasteiger charge is -2.36. The number of nitrogens with zero attached hydrogens (tertiary/aromatic N) is 2. The number of hydrazine groups is 1. The van der Waals surface area contributed by atoms with E-state index < -0.39 is 11.5 Å². The van der Waals surface area contributed by atoms with Gasteiger partial charge in [0.05, 0.1) is 17.1 Å². The van der Waals surface area contributed by atoms with Crippen molar-refractivity contribution < 1.29 is 14.7 Å². The first-order valence-corrected chi connectivity index (χ1v) is 10.9. The van der Waals surface area contributed by atoms with E-state index in [-0.39, 0.29) is 29.2 Å². The Balaban J connectivity index is 1.59. The number of aliphatic hydroxyl groups is 1. The Hall–Kier alpha value is -2.14. The molecule has 1 aliphatic heterocycles. The normalized spacial score (nSPS) is 36.0. The summed E-state index contributed by atoms with van der Waals surface area (Å²) in [5.41, 5.74) is 0.936. The van der Waals surface area contributed by atoms with Crippen molar-refractivity contribution in [2.24, 2.45) is 22.7 Å². The summed E-state index contributed by atoms with van der Waals surface area (Å²) < 4.78 is 0. The maximum atomic E-state index is 13.9. The number of carbonyl (C=O) groups is 2. The molecule has 5 atom stereocenters. The third kappa shape index (κ3) is 2.25. The molecule has 2 bridgehead atoms. The van der Waals surface area contributed by atoms with E-state index >= 15 is 0 Å². The average molecular weight is 395 g/mol. The molecule has 3 aliphatic carbocycles. The van der Waals surface area contributed by atoms with Crippen molar-refractivity contribution in [3.05, 3.63) is 42.5 Å². The van der Waals surface area contributed by atoms with Gasteiger partial charge in [0.15, 0.2) is 0 Å². The van der Waals surface area contributed by atoms with Crippen molar-refractivity contribution in [1.82, 2.24) is 5.01 Å². The van der Waals surface area contributed by atoms with Crippen LogP contribution in [-0.4, -0.2) is 34.1 Å². The van der Waals surface area contributed by atoms with Crippen LogP contribution in [-0.2, 0) is 9.59 Å². The Kier molecular flexibility index (Phi) is 4.02. The van der Waals surface area contributed by atoms with Crippen LogP contribution in [0.25, 0.3) is 0 Å². The summed E-state index contributed by atoms with van der Waals surface area (Å²) in [4.78, 5) is 27.6. The molecule has 2 amide bonds. The summed E-state index contributed by atoms with van der Waals surface area (Å²) in [5.74, 6) is -0.105. The molecule has 1 unspecified atom stereocenters. The number of hydrogen-bond acceptors (Lipinski definition) is 3. The minimum absolute atomic E-state index is 0.0181. The van der Waals surface area contributed by atoms with Crippen LogP contribution in [0.15, 0.2) is 42.5 Å². The van der Waals surface area contributed by atoms with Crippen LogP contribution in [0.5, 0.6) is 0 Å². The highest BCUT2D eigenvalue weighted by Crippen LogP contribution is 2.70. The number of anilines is 1. The molecule has 1 heterocycles. The van der Waals surface area contributed by atoms with Gasteiger partial charge in [0.1, 0.15) is 6.10 Å². The number of hydrogen-bond donors (Lipinski definition) is 1. The fraction of sp³-hybridized carbons (Fsp3) is 0.583. The molecule has 154 valence electrons. The molecule has 1 N–H and O–H groups in total. The summed E-state index contributed by atoms with van der Waals surface area (Å²) in [5, 5.41) is 14.2. The van der Waals surface area contributed by atoms with Gasteiger partial charge in [-0.2, -0.15) is 0 Å². The number of fused-ring (bicyclic) bond motifs is 1. The molecule has 1 spiro atoms. The predicted molar refractivity (Wildman–Crippen MR) is 111 cm³/mol. The van der Waals surface area contributed by atoms with Crippen LogP contribution in [0.2, 0.25) is 0 Å². The van der Waals surface area contributed by atoms with E-state index in [2.05, 4.69) is 20.4 Å². The van der Waals surface area contributed by atoms with Gasteiger partial charge in [-0.05, 0) is 62.0 Å². The lowest BCUT2D eigenvalue weighted by atomic mass is 9.67. The second-order valence-electron chi connectivity index (χ2n) is 9.92. The lowest BCUT2D eigenvalue weighted by molar-refractivity contribution is -0.145. The minimum Gasteiger partial charge on any atom is -0.383 e. The molecule has 0 aromatic heterocycles. The van der Waals surface area contributed by atoms with E-state index in [0.717, 1.165) is 44.1 Å². The zero-order valence-corrected chi connectivity index (χ0v) is 17.3. The predicted octanol–water partition coefficient (Wildman–Crippen LogP) is 3.69. The first-order valence-electron chi connectivity index (χ1n) is 10.9. The van der Waals surface area contributed by atoms with Gasteiger partial charge in [-0.15, -0.1) is 0 Å². The maximum absolute atomic E-state index is 13.9. The van der Waals surface area contributed by atoms with E-state index in [1.165, 1.54) is 0 Å². The van der Waals surface area contributed by atoms with Crippen molar-refractivity contribution in [2.75, 3.05) is 5.01 Å². The minimum atomic E-state index is -1.14. The standard InChI is InChI=1S/C24H30N2O3/c1-15-8-7-11-18(15)20(27)21(28)26-19-14-16-12-13-24(19,23(16,2)3)22(29)25(26)17-9-5-4-6-10-17/h4-6,9-10,16,18-20,27H,1,7-8,11-14H2,2-3H3/t16-,18?,19-,20+,24+/m1/s1. The van der Waals surface area contributed by atoms with E-state index in [1.54, 1.807) is 10.0 Å². The molecule has 4 fully saturated rings. The fourth-order valence-corrected chi connectivity index (χ4v) is 6.88. The van der Waals surface area contributed by atoms with Crippen molar-refractivity contribution in [3.8, 4) is 0 Å². The highest BCUT2D eigenvalue weighted by molar-refractivity contribution is 6.05. The van der Waals surface area contributed by atoms with Gasteiger partial charge in [-0.3, -0.25) is 9.59 Å². The zero-order chi connectivity index (χ0) is 20.6. The molecule has 0 radical (unpaired) electrons. The molecule has 5 nitrogen and oxygen atoms in total. The van der Waals surface area contributed by atoms with E-state index in [1.807, 2.05) is 30.3 Å². The molecule has 1 saturated heterocycles. The van der Waals surface area contributed by atoms with E-state index in [4.69, 9.17) is 0 Å². The zero-order valence-electron chi connectivity index (χ0n) is 17.3. The molecular formula is C24H30N2O3. The first-order chi connectivity index (χ1) is 13.8. The Morgan fingerprint density at radius 3 is 2.59 bits per heavy atom. The van der Waals surface area contributed by atoms with Crippen LogP contribution in [0.3, 0.4) is 0 Å². The van der Waals surface area contributed by atoms with Crippen LogP contribution in [0.1, 0.15) is 52.4 Å². The second kappa shape index (κ2) is 6.18. The van der Waals surface area contributed by atoms with Gasteiger partial charge >= 0.3 is 0 Å². The third-order valence-corrected chi connectivity index (χ3v) is 8.62. The van der Waals surface area contributed by atoms with Gasteiger partial charge in [-0.25, -0.2) is 10.0 Å². The Morgan fingerprint density at radius 1 is 1.24 bits per heavy atom. The number of para-hydroxylation sites is 1. The number of carbonyl (C=O) groups excluding carboxylic acids is 2. The van der Waals surface area contributed by atoms with Gasteiger partial charge in [0, 0.05) is 5.92 Å². The van der Waals surface area contributed by atoms with Gasteiger partial charge < -0.3 is 5.11 Å². The van der Waals surface area contributed by atoms with Crippen molar-refractivity contribution >= 4 is 17.5 Å². The van der Waals surface area contributed by atoms with Crippen LogP contribution in [0, 0.1) is 22.7 Å². The van der Waals surface area contributed by atoms with Crippen molar-refractivity contribution in [1.29, 1.82) is 0 Å². The Bertz CT molecular complexity index is 879. The molecule has 3 saturated carbocycles. The van der Waals surface area contributed by atoms with E-state index in [9.17, 15) is 14.7 Å². The molecule has 4 aliphatic rings. The quantitative estimate of drug-likeness (QED) is 0.796. The highest BCUT2D eigenvalue weighted by atomic mass is 16.3. The molecule has 1 aromatic carbocycles. The van der Waals surface area contributed by atoms with Crippen LogP contribution < -0.4 is 5.01 Å². The SMILES string of the molecule is C=C1CCCC1[C@H](O)C(=O)N1[C@@H]2C[C@H]3CC[C@]2(C(=O)N1c1ccccc1)C3(C)C. The number of aliphatic hydroxyl groups excluding tert-OH is 1. The number of benzene rings is 1. The summed E-state index contributed by atoms with van der Waals surface area (Å²) in [6.45, 7) is 8.45. The maximum Gasteiger partial charge on any atom is 0.271 e. The van der Waals surface area contributed by atoms with Crippen molar-refractivity contribution in [3.63, 3.8) is 0 Å². The van der Waals surface area contributed by atoms with Gasteiger partial charge in [-0.1, -0.05) is 44.2 Å². The van der Waals surface area contributed by atoms with Gasteiger partial charge in [0.25, 0.3) is 11.8 Å². The van der Waals surface area contributed by atoms with Gasteiger partial charge in [0.2, 0.25) is 0 Å². The molecule has 29 heavy (non-hydrogen) atoms. The highest BCUT2D eigenvalue weighted by Gasteiger charge is 2.75. The fourth-order valence-electron chi connectivity index (χ4n) is 6.88. The molecule has 5 heteroatoms. The molecule has 5 rings (SSSR count). The van der Waals surface area contributed by atoms with Crippen molar-refractivity contribution in [2.45, 2.75) is 64.5 Å². The average Bonchev–Trinajstić information content (AvgIpc) is 3.39. The molecular weight excluding hydrogens is 364 g/mol. The second-order valence-corrected chi connectivity index (χ2v) is 9.92. The van der Waals surface area contributed by atoms with Crippen LogP contribution in [0.4, 0.5) is 5.69 Å². The summed E-state index contributed by atoms with van der Waals surface area (Å²) in [6, 6.07) is 9.24. The summed E-state index contributed by atoms with van der Waals surface area (Å²) in [7, 11) is 0. The molecule has 1 aromatic rings. The van der Waals surface area contributed by atoms with E-state index in [0.29, 0.717) is 11.6 Å². The first kappa shape index (κ1) is 18.9. The smallest absolute Gasteiger partial charge is 0.271 e.